The fourth-order valence-electron chi connectivity index (χ4n) is 0.804. The summed E-state index contributed by atoms with van der Waals surface area (Å²) in [7, 11) is 1.75. The predicted octanol–water partition coefficient (Wildman–Crippen LogP) is -0.139. The molecule has 4 N–H and O–H groups in total. The summed E-state index contributed by atoms with van der Waals surface area (Å²) in [5.41, 5.74) is 0.313. The van der Waals surface area contributed by atoms with E-state index in [9.17, 15) is 0 Å². The summed E-state index contributed by atoms with van der Waals surface area (Å²) >= 11 is 0. The maximum atomic E-state index is 6.94. The number of aromatic nitrogens is 2. The molecule has 80 valence electrons. The molecular weight excluding hydrogens is 196 g/mol. The number of nitrogens with one attached hydrogen (secondary N) is 2. The van der Waals surface area contributed by atoms with Gasteiger partial charge in [-0.15, -0.1) is 0 Å². The Labute approximate surface area is 86.9 Å². The molecule has 0 atom stereocenters. The lowest BCUT2D eigenvalue weighted by atomic mass is 10.4. The van der Waals surface area contributed by atoms with Crippen LogP contribution in [0.2, 0.25) is 0 Å². The Morgan fingerprint density at radius 3 is 3.20 bits per heavy atom. The molecule has 15 heavy (non-hydrogen) atoms. The van der Waals surface area contributed by atoms with Gasteiger partial charge < -0.3 is 21.3 Å². The van der Waals surface area contributed by atoms with Crippen molar-refractivity contribution in [2.45, 2.75) is 0 Å². The van der Waals surface area contributed by atoms with Crippen molar-refractivity contribution in [1.82, 2.24) is 9.97 Å². The van der Waals surface area contributed by atoms with E-state index in [4.69, 9.17) is 16.0 Å². The van der Waals surface area contributed by atoms with Gasteiger partial charge in [-0.3, -0.25) is 0 Å². The summed E-state index contributed by atoms with van der Waals surface area (Å²) in [6.07, 6.45) is 2.58. The van der Waals surface area contributed by atoms with E-state index in [0.29, 0.717) is 11.5 Å². The van der Waals surface area contributed by atoms with Crippen LogP contribution in [0.4, 0.5) is 5.82 Å². The number of nitrogens with two attached hydrogens (primary N) is 1. The fraction of sp³-hybridized carbons (Fsp3) is 0.250. The molecule has 0 spiro atoms. The van der Waals surface area contributed by atoms with E-state index in [1.54, 1.807) is 19.3 Å². The number of hydrogen-bond donors (Lipinski definition) is 3. The molecule has 0 amide bonds. The smallest absolute Gasteiger partial charge is 0.318 e. The molecule has 0 aliphatic heterocycles. The van der Waals surface area contributed by atoms with E-state index in [2.05, 4.69) is 20.4 Å². The van der Waals surface area contributed by atoms with Gasteiger partial charge >= 0.3 is 6.01 Å². The molecule has 1 rings (SSSR count). The molecule has 1 heterocycles. The second-order valence-electron chi connectivity index (χ2n) is 2.53. The van der Waals surface area contributed by atoms with Gasteiger partial charge in [-0.2, -0.15) is 10.1 Å². The lowest BCUT2D eigenvalue weighted by Gasteiger charge is -2.04. The molecule has 0 bridgehead atoms. The molecule has 1 aromatic heterocycles. The zero-order chi connectivity index (χ0) is 11.1. The molecule has 0 saturated carbocycles. The van der Waals surface area contributed by atoms with Gasteiger partial charge in [0.05, 0.1) is 0 Å². The van der Waals surface area contributed by atoms with Crippen LogP contribution < -0.4 is 15.9 Å². The molecule has 0 aliphatic carbocycles. The van der Waals surface area contributed by atoms with Crippen LogP contribution >= 0.6 is 0 Å². The zero-order valence-corrected chi connectivity index (χ0v) is 8.27. The topological polar surface area (TPSA) is 109 Å². The van der Waals surface area contributed by atoms with Crippen LogP contribution in [0.3, 0.4) is 0 Å². The number of nitrogens with zero attached hydrogens (tertiary/aromatic N) is 3. The van der Waals surface area contributed by atoms with Crippen molar-refractivity contribution in [3.63, 3.8) is 0 Å². The molecule has 0 fully saturated rings. The van der Waals surface area contributed by atoms with Crippen molar-refractivity contribution in [1.29, 1.82) is 5.41 Å². The third kappa shape index (κ3) is 3.22. The summed E-state index contributed by atoms with van der Waals surface area (Å²) in [6, 6.07) is 1.92. The van der Waals surface area contributed by atoms with Crippen LogP contribution in [0.15, 0.2) is 17.4 Å². The fourth-order valence-corrected chi connectivity index (χ4v) is 0.804. The molecule has 0 aliphatic rings. The van der Waals surface area contributed by atoms with Gasteiger partial charge in [0.25, 0.3) is 0 Å². The van der Waals surface area contributed by atoms with Gasteiger partial charge in [0.1, 0.15) is 18.1 Å². The predicted molar refractivity (Wildman–Crippen MR) is 57.5 cm³/mol. The minimum absolute atomic E-state index is 0.0766. The van der Waals surface area contributed by atoms with Crippen molar-refractivity contribution < 1.29 is 4.74 Å². The number of rotatable bonds is 5. The van der Waals surface area contributed by atoms with E-state index >= 15 is 0 Å². The van der Waals surface area contributed by atoms with Gasteiger partial charge in [-0.1, -0.05) is 0 Å². The minimum atomic E-state index is 0.0766. The Morgan fingerprint density at radius 1 is 1.80 bits per heavy atom. The average Bonchev–Trinajstić information content (AvgIpc) is 2.31. The van der Waals surface area contributed by atoms with E-state index in [0.717, 1.165) is 6.21 Å². The second-order valence-corrected chi connectivity index (χ2v) is 2.53. The van der Waals surface area contributed by atoms with E-state index < -0.39 is 0 Å². The van der Waals surface area contributed by atoms with Crippen LogP contribution in [0, 0.1) is 5.41 Å². The van der Waals surface area contributed by atoms with Crippen molar-refractivity contribution in [3.8, 4) is 6.01 Å². The third-order valence-electron chi connectivity index (χ3n) is 1.57. The highest BCUT2D eigenvalue weighted by Crippen LogP contribution is 2.06. The van der Waals surface area contributed by atoms with Gasteiger partial charge in [-0.05, 0) is 6.07 Å². The van der Waals surface area contributed by atoms with Crippen LogP contribution in [0.5, 0.6) is 6.01 Å². The van der Waals surface area contributed by atoms with Crippen molar-refractivity contribution in [2.75, 3.05) is 19.0 Å². The number of hydrogen-bond acceptors (Lipinski definition) is 7. The highest BCUT2D eigenvalue weighted by molar-refractivity contribution is 6.30. The number of anilines is 1. The number of hydrazone groups is 1. The first kappa shape index (κ1) is 10.9. The lowest BCUT2D eigenvalue weighted by molar-refractivity contribution is 0.347. The Morgan fingerprint density at radius 2 is 2.60 bits per heavy atom. The van der Waals surface area contributed by atoms with Crippen LogP contribution in [0.25, 0.3) is 0 Å². The molecule has 7 heteroatoms. The Kier molecular flexibility index (Phi) is 4.02. The largest absolute Gasteiger partial charge is 0.457 e. The first-order valence-electron chi connectivity index (χ1n) is 4.21. The van der Waals surface area contributed by atoms with Crippen molar-refractivity contribution in [2.24, 2.45) is 10.9 Å². The SMILES string of the molecule is CNc1ccnc(OCC(C=N)=NN)n1. The summed E-state index contributed by atoms with van der Waals surface area (Å²) in [5.74, 6) is 5.66. The molecule has 0 aromatic carbocycles. The Balaban J connectivity index is 2.61. The van der Waals surface area contributed by atoms with E-state index in [-0.39, 0.29) is 12.6 Å². The first-order chi connectivity index (χ1) is 7.30. The normalized spacial score (nSPS) is 10.9. The highest BCUT2D eigenvalue weighted by Gasteiger charge is 2.01. The minimum Gasteiger partial charge on any atom is -0.457 e. The summed E-state index contributed by atoms with van der Waals surface area (Å²) in [5, 5.41) is 13.1. The Bertz CT molecular complexity index is 364. The van der Waals surface area contributed by atoms with Gasteiger partial charge in [0, 0.05) is 19.5 Å². The molecule has 0 radical (unpaired) electrons. The third-order valence-corrected chi connectivity index (χ3v) is 1.57. The average molecular weight is 208 g/mol. The summed E-state index contributed by atoms with van der Waals surface area (Å²) in [6.45, 7) is 0.0766. The van der Waals surface area contributed by atoms with Crippen LogP contribution in [-0.2, 0) is 0 Å². The van der Waals surface area contributed by atoms with Crippen LogP contribution in [0.1, 0.15) is 0 Å². The highest BCUT2D eigenvalue weighted by atomic mass is 16.5. The standard InChI is InChI=1S/C8H12N6O/c1-11-7-2-3-12-8(13-7)15-5-6(4-9)14-10/h2-4,9H,5,10H2,1H3,(H,11,12,13). The van der Waals surface area contributed by atoms with Crippen molar-refractivity contribution in [3.05, 3.63) is 12.3 Å². The van der Waals surface area contributed by atoms with Crippen molar-refractivity contribution >= 4 is 17.7 Å². The lowest BCUT2D eigenvalue weighted by Crippen LogP contribution is -2.15. The maximum Gasteiger partial charge on any atom is 0.318 e. The number of ether oxygens (including phenoxy) is 1. The molecule has 0 unspecified atom stereocenters. The van der Waals surface area contributed by atoms with Gasteiger partial charge in [-0.25, -0.2) is 4.98 Å². The Hall–Kier alpha value is -2.18. The van der Waals surface area contributed by atoms with E-state index in [1.807, 2.05) is 0 Å². The zero-order valence-electron chi connectivity index (χ0n) is 8.27. The summed E-state index contributed by atoms with van der Waals surface area (Å²) < 4.78 is 5.17. The molecular formula is C8H12N6O. The monoisotopic (exact) mass is 208 g/mol. The summed E-state index contributed by atoms with van der Waals surface area (Å²) in [4.78, 5) is 7.90. The van der Waals surface area contributed by atoms with E-state index in [1.165, 1.54) is 0 Å². The van der Waals surface area contributed by atoms with Gasteiger partial charge in [0.2, 0.25) is 0 Å². The molecule has 7 nitrogen and oxygen atoms in total. The molecule has 0 saturated heterocycles. The van der Waals surface area contributed by atoms with Crippen LogP contribution in [-0.4, -0.2) is 35.5 Å². The van der Waals surface area contributed by atoms with Gasteiger partial charge in [0.15, 0.2) is 0 Å². The quantitative estimate of drug-likeness (QED) is 0.354. The first-order valence-corrected chi connectivity index (χ1v) is 4.21. The maximum absolute atomic E-state index is 6.94. The molecule has 1 aromatic rings. The second kappa shape index (κ2) is 5.53.